The molecule has 8 nitrogen and oxygen atoms in total. The number of aromatic amines is 1. The van der Waals surface area contributed by atoms with Crippen LogP contribution in [0.15, 0.2) is 36.4 Å². The van der Waals surface area contributed by atoms with Gasteiger partial charge in [-0.2, -0.15) is 5.21 Å². The summed E-state index contributed by atoms with van der Waals surface area (Å²) in [7, 11) is 0. The number of ether oxygens (including phenoxy) is 1. The van der Waals surface area contributed by atoms with Crippen molar-refractivity contribution in [3.8, 4) is 17.1 Å². The van der Waals surface area contributed by atoms with E-state index in [1.54, 1.807) is 12.1 Å². The Kier molecular flexibility index (Phi) is 4.98. The first-order valence-corrected chi connectivity index (χ1v) is 7.88. The van der Waals surface area contributed by atoms with Crippen molar-refractivity contribution in [1.82, 2.24) is 30.9 Å². The van der Waals surface area contributed by atoms with Crippen molar-refractivity contribution < 1.29 is 9.53 Å². The van der Waals surface area contributed by atoms with Gasteiger partial charge in [0, 0.05) is 17.8 Å². The van der Waals surface area contributed by atoms with Crippen LogP contribution >= 0.6 is 0 Å². The van der Waals surface area contributed by atoms with Gasteiger partial charge in [-0.3, -0.25) is 4.79 Å². The van der Waals surface area contributed by atoms with Crippen molar-refractivity contribution >= 4 is 5.91 Å². The summed E-state index contributed by atoms with van der Waals surface area (Å²) >= 11 is 0. The molecule has 0 aliphatic rings. The summed E-state index contributed by atoms with van der Waals surface area (Å²) < 4.78 is 5.46. The molecule has 0 aliphatic carbocycles. The van der Waals surface area contributed by atoms with E-state index in [1.165, 1.54) is 0 Å². The number of H-pyrrole nitrogens is 1. The van der Waals surface area contributed by atoms with Gasteiger partial charge in [-0.1, -0.05) is 12.1 Å². The Balaban J connectivity index is 1.72. The molecule has 8 heteroatoms. The average molecular weight is 338 g/mol. The highest BCUT2D eigenvalue weighted by atomic mass is 16.5. The van der Waals surface area contributed by atoms with Gasteiger partial charge in [0.05, 0.1) is 6.61 Å². The Morgan fingerprint density at radius 2 is 2.16 bits per heavy atom. The van der Waals surface area contributed by atoms with Crippen LogP contribution < -0.4 is 10.1 Å². The summed E-state index contributed by atoms with van der Waals surface area (Å²) in [5.41, 5.74) is 2.64. The summed E-state index contributed by atoms with van der Waals surface area (Å²) in [5, 5.41) is 16.6. The highest BCUT2D eigenvalue weighted by Crippen LogP contribution is 2.16. The fourth-order valence-corrected chi connectivity index (χ4v) is 2.38. The molecule has 3 aromatic rings. The lowest BCUT2D eigenvalue weighted by Crippen LogP contribution is -2.24. The highest BCUT2D eigenvalue weighted by Gasteiger charge is 2.12. The van der Waals surface area contributed by atoms with Crippen LogP contribution in [-0.4, -0.2) is 38.1 Å². The maximum Gasteiger partial charge on any atom is 0.270 e. The minimum absolute atomic E-state index is 0.268. The summed E-state index contributed by atoms with van der Waals surface area (Å²) in [4.78, 5) is 16.7. The first-order valence-electron chi connectivity index (χ1n) is 7.88. The molecule has 0 aliphatic heterocycles. The SMILES string of the molecule is CCOc1cccc(CNC(=O)c2cc(-c3nn[nH]n3)cc(C)n2)c1. The van der Waals surface area contributed by atoms with E-state index >= 15 is 0 Å². The lowest BCUT2D eigenvalue weighted by atomic mass is 10.1. The number of amides is 1. The summed E-state index contributed by atoms with van der Waals surface area (Å²) in [6, 6.07) is 11.0. The van der Waals surface area contributed by atoms with Crippen molar-refractivity contribution in [2.45, 2.75) is 20.4 Å². The summed E-state index contributed by atoms with van der Waals surface area (Å²) in [6.07, 6.45) is 0. The lowest BCUT2D eigenvalue weighted by Gasteiger charge is -2.08. The van der Waals surface area contributed by atoms with Crippen LogP contribution in [0.5, 0.6) is 5.75 Å². The first kappa shape index (κ1) is 16.6. The Hall–Kier alpha value is -3.29. The largest absolute Gasteiger partial charge is 0.494 e. The number of carbonyl (C=O) groups excluding carboxylic acids is 1. The summed E-state index contributed by atoms with van der Waals surface area (Å²) in [5.74, 6) is 0.932. The van der Waals surface area contributed by atoms with Crippen molar-refractivity contribution in [3.05, 3.63) is 53.3 Å². The Morgan fingerprint density at radius 1 is 1.28 bits per heavy atom. The third-order valence-corrected chi connectivity index (χ3v) is 3.45. The molecule has 0 bridgehead atoms. The average Bonchev–Trinajstić information content (AvgIpc) is 3.14. The standard InChI is InChI=1S/C17H18N6O2/c1-3-25-14-6-4-5-12(8-14)10-18-17(24)15-9-13(7-11(2)19-15)16-20-22-23-21-16/h4-9H,3,10H2,1-2H3,(H,18,24)(H,20,21,22,23). The summed E-state index contributed by atoms with van der Waals surface area (Å²) in [6.45, 7) is 4.72. The van der Waals surface area contributed by atoms with Crippen LogP contribution in [0.4, 0.5) is 0 Å². The number of aromatic nitrogens is 5. The third kappa shape index (κ3) is 4.17. The molecule has 0 atom stereocenters. The molecule has 128 valence electrons. The van der Waals surface area contributed by atoms with Crippen LogP contribution in [0.25, 0.3) is 11.4 Å². The number of nitrogens with one attached hydrogen (secondary N) is 2. The zero-order chi connectivity index (χ0) is 17.6. The molecular weight excluding hydrogens is 320 g/mol. The molecule has 0 saturated heterocycles. The van der Waals surface area contributed by atoms with Crippen LogP contribution in [0.3, 0.4) is 0 Å². The monoisotopic (exact) mass is 338 g/mol. The van der Waals surface area contributed by atoms with E-state index in [0.29, 0.717) is 35.9 Å². The van der Waals surface area contributed by atoms with Gasteiger partial charge in [0.2, 0.25) is 5.82 Å². The third-order valence-electron chi connectivity index (χ3n) is 3.45. The van der Waals surface area contributed by atoms with E-state index in [2.05, 4.69) is 30.9 Å². The smallest absolute Gasteiger partial charge is 0.270 e. The molecule has 3 rings (SSSR count). The number of pyridine rings is 1. The van der Waals surface area contributed by atoms with Crippen LogP contribution in [0, 0.1) is 6.92 Å². The maximum atomic E-state index is 12.4. The molecule has 2 heterocycles. The molecular formula is C17H18N6O2. The van der Waals surface area contributed by atoms with Crippen LogP contribution in [0.1, 0.15) is 28.7 Å². The molecule has 0 radical (unpaired) electrons. The molecule has 2 N–H and O–H groups in total. The Morgan fingerprint density at radius 3 is 2.92 bits per heavy atom. The first-order chi connectivity index (χ1) is 12.2. The predicted octanol–water partition coefficient (Wildman–Crippen LogP) is 1.90. The number of aryl methyl sites for hydroxylation is 1. The number of carbonyl (C=O) groups is 1. The lowest BCUT2D eigenvalue weighted by molar-refractivity contribution is 0.0945. The number of rotatable bonds is 6. The molecule has 2 aromatic heterocycles. The van der Waals surface area contributed by atoms with Gasteiger partial charge < -0.3 is 10.1 Å². The van der Waals surface area contributed by atoms with E-state index in [0.717, 1.165) is 11.3 Å². The van der Waals surface area contributed by atoms with Crippen molar-refractivity contribution in [2.75, 3.05) is 6.61 Å². The maximum absolute atomic E-state index is 12.4. The van der Waals surface area contributed by atoms with E-state index < -0.39 is 0 Å². The van der Waals surface area contributed by atoms with Gasteiger partial charge in [-0.25, -0.2) is 4.98 Å². The molecule has 0 unspecified atom stereocenters. The van der Waals surface area contributed by atoms with Gasteiger partial charge >= 0.3 is 0 Å². The Bertz CT molecular complexity index is 863. The second-order valence-corrected chi connectivity index (χ2v) is 5.38. The molecule has 0 saturated carbocycles. The van der Waals surface area contributed by atoms with Gasteiger partial charge in [0.1, 0.15) is 11.4 Å². The van der Waals surface area contributed by atoms with E-state index in [4.69, 9.17) is 4.74 Å². The predicted molar refractivity (Wildman–Crippen MR) is 90.9 cm³/mol. The minimum Gasteiger partial charge on any atom is -0.494 e. The van der Waals surface area contributed by atoms with Gasteiger partial charge in [-0.05, 0) is 48.9 Å². The van der Waals surface area contributed by atoms with E-state index in [-0.39, 0.29) is 5.91 Å². The fraction of sp³-hybridized carbons (Fsp3) is 0.235. The van der Waals surface area contributed by atoms with Gasteiger partial charge in [-0.15, -0.1) is 10.2 Å². The topological polar surface area (TPSA) is 106 Å². The second-order valence-electron chi connectivity index (χ2n) is 5.38. The quantitative estimate of drug-likeness (QED) is 0.711. The number of benzene rings is 1. The Labute approximate surface area is 144 Å². The van der Waals surface area contributed by atoms with Crippen LogP contribution in [-0.2, 0) is 6.54 Å². The number of nitrogens with zero attached hydrogens (tertiary/aromatic N) is 4. The molecule has 1 amide bonds. The fourth-order valence-electron chi connectivity index (χ4n) is 2.38. The molecule has 1 aromatic carbocycles. The zero-order valence-electron chi connectivity index (χ0n) is 14.0. The molecule has 0 spiro atoms. The van der Waals surface area contributed by atoms with Crippen molar-refractivity contribution in [2.24, 2.45) is 0 Å². The van der Waals surface area contributed by atoms with Crippen molar-refractivity contribution in [1.29, 1.82) is 0 Å². The second kappa shape index (κ2) is 7.52. The zero-order valence-corrected chi connectivity index (χ0v) is 14.0. The highest BCUT2D eigenvalue weighted by molar-refractivity contribution is 5.93. The normalized spacial score (nSPS) is 10.5. The number of hydrogen-bond donors (Lipinski definition) is 2. The van der Waals surface area contributed by atoms with Crippen LogP contribution in [0.2, 0.25) is 0 Å². The van der Waals surface area contributed by atoms with E-state index in [9.17, 15) is 4.79 Å². The van der Waals surface area contributed by atoms with Crippen molar-refractivity contribution in [3.63, 3.8) is 0 Å². The minimum atomic E-state index is -0.268. The van der Waals surface area contributed by atoms with Gasteiger partial charge in [0.15, 0.2) is 0 Å². The van der Waals surface area contributed by atoms with E-state index in [1.807, 2.05) is 38.1 Å². The van der Waals surface area contributed by atoms with Gasteiger partial charge in [0.25, 0.3) is 5.91 Å². The number of hydrogen-bond acceptors (Lipinski definition) is 6. The molecule has 25 heavy (non-hydrogen) atoms. The molecule has 0 fully saturated rings. The number of tetrazole rings is 1.